The summed E-state index contributed by atoms with van der Waals surface area (Å²) in [7, 11) is 0. The van der Waals surface area contributed by atoms with Crippen LogP contribution in [0.25, 0.3) is 0 Å². The van der Waals surface area contributed by atoms with Crippen LogP contribution in [0.15, 0.2) is 23.8 Å². The number of rotatable bonds is 2. The maximum absolute atomic E-state index is 15.4. The van der Waals surface area contributed by atoms with E-state index in [1.54, 1.807) is 19.9 Å². The summed E-state index contributed by atoms with van der Waals surface area (Å²) in [5, 5.41) is 21.3. The lowest BCUT2D eigenvalue weighted by atomic mass is 9.46. The molecule has 170 valence electrons. The molecule has 5 rings (SSSR count). The van der Waals surface area contributed by atoms with Crippen molar-refractivity contribution in [3.05, 3.63) is 23.8 Å². The number of aliphatic hydroxyl groups excluding tert-OH is 2. The number of hydrogen-bond acceptors (Lipinski definition) is 6. The zero-order valence-electron chi connectivity index (χ0n) is 18.4. The number of Topliss-reactive ketones (excluding diaryl/α,β-unsaturated/α-hetero) is 1. The first-order valence-electron chi connectivity index (χ1n) is 11.2. The summed E-state index contributed by atoms with van der Waals surface area (Å²) in [6.07, 6.45) is 2.90. The Hall–Kier alpha value is -1.41. The summed E-state index contributed by atoms with van der Waals surface area (Å²) in [6, 6.07) is 0. The number of alkyl halides is 1. The van der Waals surface area contributed by atoms with Crippen LogP contribution in [0.4, 0.5) is 4.39 Å². The summed E-state index contributed by atoms with van der Waals surface area (Å²) in [5.41, 5.74) is -2.50. The number of allylic oxidation sites excluding steroid dienone is 4. The number of ether oxygens (including phenoxy) is 2. The third kappa shape index (κ3) is 2.52. The van der Waals surface area contributed by atoms with Crippen LogP contribution in [-0.2, 0) is 19.1 Å². The minimum atomic E-state index is -1.37. The van der Waals surface area contributed by atoms with Crippen LogP contribution >= 0.6 is 0 Å². The molecule has 3 saturated carbocycles. The molecule has 2 N–H and O–H groups in total. The lowest BCUT2D eigenvalue weighted by molar-refractivity contribution is -0.226. The van der Waals surface area contributed by atoms with Crippen molar-refractivity contribution in [1.82, 2.24) is 0 Å². The van der Waals surface area contributed by atoms with Gasteiger partial charge >= 0.3 is 0 Å². The Labute approximate surface area is 181 Å². The highest BCUT2D eigenvalue weighted by atomic mass is 19.1. The molecule has 7 heteroatoms. The van der Waals surface area contributed by atoms with E-state index in [-0.39, 0.29) is 36.4 Å². The molecule has 0 bridgehead atoms. The van der Waals surface area contributed by atoms with Crippen LogP contribution in [0.1, 0.15) is 47.0 Å². The van der Waals surface area contributed by atoms with Crippen LogP contribution in [0.3, 0.4) is 0 Å². The predicted molar refractivity (Wildman–Crippen MR) is 109 cm³/mol. The average Bonchev–Trinajstić information content (AvgIpc) is 3.08. The van der Waals surface area contributed by atoms with Gasteiger partial charge in [-0.3, -0.25) is 9.59 Å². The SMILES string of the molecule is CC1(C)O[C@@H]2C[C@@H]3[C@@H]4C[C@H](F)C5=CC(=O)C=C[C@]5(C)[C@@H]4[C@@H](O)C[C@]3(C)[C@]2(C(=O)CO)O1. The highest BCUT2D eigenvalue weighted by Crippen LogP contribution is 2.70. The Morgan fingerprint density at radius 2 is 1.97 bits per heavy atom. The van der Waals surface area contributed by atoms with Crippen molar-refractivity contribution >= 4 is 11.6 Å². The van der Waals surface area contributed by atoms with Crippen molar-refractivity contribution in [2.45, 2.75) is 76.7 Å². The van der Waals surface area contributed by atoms with Crippen molar-refractivity contribution in [2.75, 3.05) is 6.61 Å². The third-order valence-electron chi connectivity index (χ3n) is 9.03. The van der Waals surface area contributed by atoms with E-state index in [2.05, 4.69) is 0 Å². The van der Waals surface area contributed by atoms with Crippen LogP contribution in [0.2, 0.25) is 0 Å². The second-order valence-corrected chi connectivity index (χ2v) is 11.0. The van der Waals surface area contributed by atoms with Gasteiger partial charge in [0.25, 0.3) is 0 Å². The molecule has 0 aromatic heterocycles. The molecule has 31 heavy (non-hydrogen) atoms. The van der Waals surface area contributed by atoms with Crippen molar-refractivity contribution in [2.24, 2.45) is 28.6 Å². The van der Waals surface area contributed by atoms with Crippen molar-refractivity contribution in [1.29, 1.82) is 0 Å². The molecule has 1 heterocycles. The van der Waals surface area contributed by atoms with Gasteiger partial charge in [-0.15, -0.1) is 0 Å². The maximum atomic E-state index is 15.4. The van der Waals surface area contributed by atoms with E-state index in [0.717, 1.165) is 0 Å². The summed E-state index contributed by atoms with van der Waals surface area (Å²) in [5.74, 6) is -2.28. The smallest absolute Gasteiger partial charge is 0.193 e. The average molecular weight is 435 g/mol. The standard InChI is InChI=1S/C24H31FO6/c1-21(2)30-19-9-14-13-8-16(25)15-7-12(27)5-6-22(15,3)20(13)17(28)10-23(14,4)24(19,31-21)18(29)11-26/h5-7,13-14,16-17,19-20,26,28H,8-11H2,1-4H3/t13-,14+,16-,17-,19+,20-,22-,23-,24+/m0/s1. The predicted octanol–water partition coefficient (Wildman–Crippen LogP) is 2.27. The second kappa shape index (κ2) is 6.34. The highest BCUT2D eigenvalue weighted by molar-refractivity contribution is 6.01. The van der Waals surface area contributed by atoms with Crippen molar-refractivity contribution in [3.8, 4) is 0 Å². The van der Waals surface area contributed by atoms with Gasteiger partial charge in [0.05, 0.1) is 12.2 Å². The molecule has 0 radical (unpaired) electrons. The summed E-state index contributed by atoms with van der Waals surface area (Å²) >= 11 is 0. The maximum Gasteiger partial charge on any atom is 0.193 e. The Morgan fingerprint density at radius 3 is 2.65 bits per heavy atom. The van der Waals surface area contributed by atoms with Crippen LogP contribution in [0, 0.1) is 28.6 Å². The first kappa shape index (κ1) is 21.4. The first-order chi connectivity index (χ1) is 14.4. The molecule has 6 nitrogen and oxygen atoms in total. The number of ketones is 2. The molecule has 4 aliphatic carbocycles. The summed E-state index contributed by atoms with van der Waals surface area (Å²) in [6.45, 7) is 6.65. The topological polar surface area (TPSA) is 93.1 Å². The lowest BCUT2D eigenvalue weighted by Gasteiger charge is -2.60. The zero-order valence-corrected chi connectivity index (χ0v) is 18.4. The van der Waals surface area contributed by atoms with E-state index in [0.29, 0.717) is 12.0 Å². The molecule has 0 aromatic carbocycles. The Kier molecular flexibility index (Phi) is 4.38. The van der Waals surface area contributed by atoms with E-state index in [4.69, 9.17) is 9.47 Å². The Morgan fingerprint density at radius 1 is 1.26 bits per heavy atom. The van der Waals surface area contributed by atoms with E-state index in [1.165, 1.54) is 12.2 Å². The van der Waals surface area contributed by atoms with Crippen molar-refractivity contribution < 1.29 is 33.7 Å². The van der Waals surface area contributed by atoms with E-state index >= 15 is 4.39 Å². The number of carbonyl (C=O) groups is 2. The molecule has 0 aromatic rings. The number of fused-ring (bicyclic) bond motifs is 7. The second-order valence-electron chi connectivity index (χ2n) is 11.0. The number of halogens is 1. The summed E-state index contributed by atoms with van der Waals surface area (Å²) in [4.78, 5) is 25.1. The Balaban J connectivity index is 1.62. The minimum absolute atomic E-state index is 0.125. The highest BCUT2D eigenvalue weighted by Gasteiger charge is 2.77. The monoisotopic (exact) mass is 434 g/mol. The van der Waals surface area contributed by atoms with Crippen LogP contribution in [0.5, 0.6) is 0 Å². The fourth-order valence-corrected chi connectivity index (χ4v) is 8.05. The normalized spacial score (nSPS) is 52.1. The van der Waals surface area contributed by atoms with E-state index in [1.807, 2.05) is 13.8 Å². The third-order valence-corrected chi connectivity index (χ3v) is 9.03. The van der Waals surface area contributed by atoms with Gasteiger partial charge in [0.2, 0.25) is 0 Å². The largest absolute Gasteiger partial charge is 0.393 e. The van der Waals surface area contributed by atoms with Gasteiger partial charge < -0.3 is 19.7 Å². The van der Waals surface area contributed by atoms with Crippen molar-refractivity contribution in [3.63, 3.8) is 0 Å². The molecular weight excluding hydrogens is 403 g/mol. The van der Waals surface area contributed by atoms with E-state index < -0.39 is 53.0 Å². The van der Waals surface area contributed by atoms with Gasteiger partial charge in [0, 0.05) is 16.7 Å². The van der Waals surface area contributed by atoms with Crippen LogP contribution in [-0.4, -0.2) is 58.2 Å². The van der Waals surface area contributed by atoms with Gasteiger partial charge in [0.15, 0.2) is 23.0 Å². The molecule has 0 amide bonds. The minimum Gasteiger partial charge on any atom is -0.393 e. The van der Waals surface area contributed by atoms with Gasteiger partial charge in [-0.25, -0.2) is 4.39 Å². The van der Waals surface area contributed by atoms with Gasteiger partial charge in [-0.2, -0.15) is 0 Å². The molecule has 9 atom stereocenters. The number of aliphatic hydroxyl groups is 2. The first-order valence-corrected chi connectivity index (χ1v) is 11.2. The van der Waals surface area contributed by atoms with Gasteiger partial charge in [-0.1, -0.05) is 19.9 Å². The fourth-order valence-electron chi connectivity index (χ4n) is 8.05. The molecular formula is C24H31FO6. The fraction of sp³-hybridized carbons (Fsp3) is 0.750. The molecule has 1 aliphatic heterocycles. The zero-order chi connectivity index (χ0) is 22.6. The summed E-state index contributed by atoms with van der Waals surface area (Å²) < 4.78 is 27.9. The molecule has 0 spiro atoms. The van der Waals surface area contributed by atoms with E-state index in [9.17, 15) is 19.8 Å². The molecule has 5 aliphatic rings. The van der Waals surface area contributed by atoms with Gasteiger partial charge in [-0.05, 0) is 62.7 Å². The van der Waals surface area contributed by atoms with Crippen LogP contribution < -0.4 is 0 Å². The lowest BCUT2D eigenvalue weighted by Crippen LogP contribution is -2.64. The molecule has 4 fully saturated rings. The Bertz CT molecular complexity index is 910. The molecule has 0 unspecified atom stereocenters. The molecule has 1 saturated heterocycles. The van der Waals surface area contributed by atoms with Gasteiger partial charge in [0.1, 0.15) is 12.8 Å². The number of carbonyl (C=O) groups excluding carboxylic acids is 2. The number of hydrogen-bond donors (Lipinski definition) is 2. The quantitative estimate of drug-likeness (QED) is 0.693.